The number of fused-ring (bicyclic) bond motifs is 1. The fourth-order valence-electron chi connectivity index (χ4n) is 3.59. The molecule has 0 unspecified atom stereocenters. The van der Waals surface area contributed by atoms with Crippen molar-refractivity contribution in [1.82, 2.24) is 4.40 Å². The van der Waals surface area contributed by atoms with E-state index in [4.69, 9.17) is 4.18 Å². The van der Waals surface area contributed by atoms with Crippen molar-refractivity contribution in [3.05, 3.63) is 90.3 Å². The molecule has 0 fully saturated rings. The third-order valence-corrected chi connectivity index (χ3v) is 8.48. The molecule has 7 nitrogen and oxygen atoms in total. The Morgan fingerprint density at radius 3 is 1.89 bits per heavy atom. The fraction of sp³-hybridized carbons (Fsp3) is 0.250. The number of sulfone groups is 1. The number of nitrogens with zero attached hydrogens (tertiary/aromatic N) is 1. The van der Waals surface area contributed by atoms with Crippen LogP contribution in [0.5, 0.6) is 5.75 Å². The van der Waals surface area contributed by atoms with E-state index in [2.05, 4.69) is 0 Å². The van der Waals surface area contributed by atoms with Crippen molar-refractivity contribution in [2.45, 2.75) is 61.6 Å². The quantitative estimate of drug-likeness (QED) is 0.299. The number of hydrogen-bond acceptors (Lipinski definition) is 6. The number of aryl methyl sites for hydroxylation is 1. The second kappa shape index (κ2) is 10.5. The summed E-state index contributed by atoms with van der Waals surface area (Å²) in [4.78, 5) is 9.78. The number of carbonyl (C=O) groups excluding carboxylic acids is 1. The second-order valence-corrected chi connectivity index (χ2v) is 13.3. The number of rotatable bonds is 5. The van der Waals surface area contributed by atoms with E-state index in [1.165, 1.54) is 50.2 Å². The highest BCUT2D eigenvalue weighted by molar-refractivity contribution is 7.91. The first-order valence-corrected chi connectivity index (χ1v) is 14.5. The summed E-state index contributed by atoms with van der Waals surface area (Å²) in [5.74, 6) is 0.201. The molecule has 0 N–H and O–H groups in total. The minimum absolute atomic E-state index is 0.0277. The maximum atomic E-state index is 13.7. The summed E-state index contributed by atoms with van der Waals surface area (Å²) in [6.07, 6.45) is 3.66. The van der Waals surface area contributed by atoms with Gasteiger partial charge in [-0.1, -0.05) is 44.5 Å². The molecule has 0 bridgehead atoms. The fourth-order valence-corrected chi connectivity index (χ4v) is 6.34. The van der Waals surface area contributed by atoms with E-state index in [9.17, 15) is 21.6 Å². The predicted octanol–water partition coefficient (Wildman–Crippen LogP) is 5.74. The zero-order valence-electron chi connectivity index (χ0n) is 21.7. The molecule has 4 aromatic rings. The minimum Gasteiger partial charge on any atom is -0.379 e. The van der Waals surface area contributed by atoms with Crippen LogP contribution in [0.15, 0.2) is 93.8 Å². The number of aromatic nitrogens is 1. The van der Waals surface area contributed by atoms with Crippen LogP contribution in [0.4, 0.5) is 0 Å². The van der Waals surface area contributed by atoms with Crippen molar-refractivity contribution in [2.75, 3.05) is 0 Å². The van der Waals surface area contributed by atoms with Gasteiger partial charge in [-0.3, -0.25) is 0 Å². The van der Waals surface area contributed by atoms with Crippen molar-refractivity contribution in [3.63, 3.8) is 0 Å². The van der Waals surface area contributed by atoms with Gasteiger partial charge in [-0.05, 0) is 80.3 Å². The maximum absolute atomic E-state index is 13.7. The lowest BCUT2D eigenvalue weighted by Crippen LogP contribution is -2.15. The Kier molecular flexibility index (Phi) is 8.00. The Labute approximate surface area is 218 Å². The Morgan fingerprint density at radius 2 is 1.35 bits per heavy atom. The number of benzene rings is 2. The van der Waals surface area contributed by atoms with Crippen molar-refractivity contribution in [2.24, 2.45) is 0 Å². The van der Waals surface area contributed by atoms with E-state index in [-0.39, 0.29) is 26.2 Å². The first kappa shape index (κ1) is 28.1. The predicted molar refractivity (Wildman–Crippen MR) is 143 cm³/mol. The summed E-state index contributed by atoms with van der Waals surface area (Å²) in [5, 5.41) is 0. The number of carbonyl (C=O) groups is 1. The van der Waals surface area contributed by atoms with Crippen LogP contribution in [0.25, 0.3) is 5.52 Å². The highest BCUT2D eigenvalue weighted by Gasteiger charge is 2.31. The van der Waals surface area contributed by atoms with Gasteiger partial charge < -0.3 is 13.4 Å². The van der Waals surface area contributed by atoms with Crippen molar-refractivity contribution in [1.29, 1.82) is 0 Å². The first-order valence-electron chi connectivity index (χ1n) is 11.6. The van der Waals surface area contributed by atoms with Gasteiger partial charge in [-0.2, -0.15) is 8.42 Å². The summed E-state index contributed by atoms with van der Waals surface area (Å²) < 4.78 is 59.4. The first-order chi connectivity index (χ1) is 17.1. The lowest BCUT2D eigenvalue weighted by Gasteiger charge is -2.19. The molecule has 0 saturated carbocycles. The SMILES string of the molecule is CC(C)=O.Cc1ccc(S(=O)(=O)Oc2ccc(S(=O)(=O)c3c(C(C)(C)C)cn4ccccc34)cc2)cc1. The van der Waals surface area contributed by atoms with Gasteiger partial charge in [0.05, 0.1) is 10.4 Å². The van der Waals surface area contributed by atoms with E-state index in [0.29, 0.717) is 11.1 Å². The molecule has 0 saturated heterocycles. The molecule has 0 aliphatic heterocycles. The van der Waals surface area contributed by atoms with Gasteiger partial charge >= 0.3 is 10.1 Å². The number of pyridine rings is 1. The largest absolute Gasteiger partial charge is 0.379 e. The molecule has 0 amide bonds. The molecule has 0 aliphatic rings. The highest BCUT2D eigenvalue weighted by atomic mass is 32.2. The van der Waals surface area contributed by atoms with Crippen molar-refractivity contribution >= 4 is 31.3 Å². The second-order valence-electron chi connectivity index (χ2n) is 9.85. The van der Waals surface area contributed by atoms with Crippen LogP contribution in [0, 0.1) is 6.92 Å². The molecule has 2 aromatic heterocycles. The van der Waals surface area contributed by atoms with Crippen molar-refractivity contribution < 1.29 is 25.8 Å². The van der Waals surface area contributed by atoms with Crippen LogP contribution >= 0.6 is 0 Å². The van der Waals surface area contributed by atoms with Crippen LogP contribution < -0.4 is 4.18 Å². The van der Waals surface area contributed by atoms with E-state index in [1.807, 2.05) is 46.2 Å². The smallest absolute Gasteiger partial charge is 0.339 e. The minimum atomic E-state index is -4.03. The van der Waals surface area contributed by atoms with Gasteiger partial charge in [-0.25, -0.2) is 8.42 Å². The normalized spacial score (nSPS) is 12.1. The average Bonchev–Trinajstić information content (AvgIpc) is 3.20. The molecule has 0 radical (unpaired) electrons. The number of hydrogen-bond donors (Lipinski definition) is 0. The standard InChI is InChI=1S/C25H25NO5S2.C3H6O/c1-18-8-12-21(13-9-18)33(29,30)31-19-10-14-20(15-11-19)32(27,28)24-22(25(2,3)4)17-26-16-6-5-7-23(24)26;1-3(2)4/h5-17H,1-4H3;1-2H3. The van der Waals surface area contributed by atoms with Crippen LogP contribution in [0.2, 0.25) is 0 Å². The van der Waals surface area contributed by atoms with Gasteiger partial charge in [0.1, 0.15) is 21.3 Å². The molecule has 196 valence electrons. The van der Waals surface area contributed by atoms with Gasteiger partial charge in [0.2, 0.25) is 9.84 Å². The highest BCUT2D eigenvalue weighted by Crippen LogP contribution is 2.37. The third kappa shape index (κ3) is 6.47. The number of Topliss-reactive ketones (excluding diaryl/α,β-unsaturated/α-hetero) is 1. The molecule has 4 rings (SSSR count). The van der Waals surface area contributed by atoms with Crippen LogP contribution in [0.1, 0.15) is 45.7 Å². The molecule has 0 spiro atoms. The van der Waals surface area contributed by atoms with E-state index in [1.54, 1.807) is 28.7 Å². The third-order valence-electron chi connectivity index (χ3n) is 5.36. The van der Waals surface area contributed by atoms with E-state index >= 15 is 0 Å². The summed E-state index contributed by atoms with van der Waals surface area (Å²) in [6, 6.07) is 17.2. The van der Waals surface area contributed by atoms with Crippen LogP contribution in [0.3, 0.4) is 0 Å². The Morgan fingerprint density at radius 1 is 0.811 bits per heavy atom. The monoisotopic (exact) mass is 541 g/mol. The summed E-state index contributed by atoms with van der Waals surface area (Å²) in [5.41, 5.74) is 1.82. The zero-order valence-corrected chi connectivity index (χ0v) is 23.4. The molecule has 9 heteroatoms. The Bertz CT molecular complexity index is 1620. The lowest BCUT2D eigenvalue weighted by atomic mass is 9.89. The van der Waals surface area contributed by atoms with E-state index in [0.717, 1.165) is 5.56 Å². The topological polar surface area (TPSA) is 99.0 Å². The molecular weight excluding hydrogens is 510 g/mol. The Balaban J connectivity index is 0.000000886. The van der Waals surface area contributed by atoms with Gasteiger partial charge in [0, 0.05) is 12.4 Å². The summed E-state index contributed by atoms with van der Waals surface area (Å²) in [6.45, 7) is 10.8. The van der Waals surface area contributed by atoms with Gasteiger partial charge in [0.15, 0.2) is 0 Å². The maximum Gasteiger partial charge on any atom is 0.339 e. The molecule has 0 atom stereocenters. The molecule has 37 heavy (non-hydrogen) atoms. The van der Waals surface area contributed by atoms with Crippen LogP contribution in [-0.2, 0) is 30.2 Å². The van der Waals surface area contributed by atoms with E-state index < -0.39 is 25.4 Å². The average molecular weight is 542 g/mol. The molecular formula is C28H31NO6S2. The molecule has 2 heterocycles. The molecule has 0 aliphatic carbocycles. The summed E-state index contributed by atoms with van der Waals surface area (Å²) >= 11 is 0. The number of ketones is 1. The zero-order chi connectivity index (χ0) is 27.6. The van der Waals surface area contributed by atoms with Gasteiger partial charge in [0.25, 0.3) is 0 Å². The lowest BCUT2D eigenvalue weighted by molar-refractivity contribution is -0.115. The van der Waals surface area contributed by atoms with Crippen LogP contribution in [-0.4, -0.2) is 27.0 Å². The summed E-state index contributed by atoms with van der Waals surface area (Å²) in [7, 11) is -7.91. The van der Waals surface area contributed by atoms with Gasteiger partial charge in [-0.15, -0.1) is 0 Å². The Hall–Kier alpha value is -3.43. The molecule has 2 aromatic carbocycles. The van der Waals surface area contributed by atoms with Crippen molar-refractivity contribution in [3.8, 4) is 5.75 Å².